The lowest BCUT2D eigenvalue weighted by Crippen LogP contribution is -2.35. The predicted octanol–water partition coefficient (Wildman–Crippen LogP) is 1.29. The minimum Gasteiger partial charge on any atom is -0.396 e. The summed E-state index contributed by atoms with van der Waals surface area (Å²) in [5, 5.41) is 12.3. The molecule has 6 heteroatoms. The van der Waals surface area contributed by atoms with E-state index in [0.29, 0.717) is 17.1 Å². The van der Waals surface area contributed by atoms with Crippen LogP contribution < -0.4 is 5.32 Å². The first-order valence-corrected chi connectivity index (χ1v) is 6.96. The lowest BCUT2D eigenvalue weighted by atomic mass is 10.2. The van der Waals surface area contributed by atoms with Gasteiger partial charge in [-0.3, -0.25) is 0 Å². The van der Waals surface area contributed by atoms with Crippen molar-refractivity contribution in [1.29, 1.82) is 0 Å². The standard InChI is InChI=1S/C10H12ClNO3S/c11-8-2-1-3-9-10(8)12-7(4-5-13)6-16(9,14)15/h1-3,7,12-13H,4-6H2. The summed E-state index contributed by atoms with van der Waals surface area (Å²) in [5.41, 5.74) is 0.453. The average molecular weight is 262 g/mol. The molecule has 2 rings (SSSR count). The summed E-state index contributed by atoms with van der Waals surface area (Å²) in [4.78, 5) is 0.245. The highest BCUT2D eigenvalue weighted by atomic mass is 35.5. The molecule has 0 saturated heterocycles. The van der Waals surface area contributed by atoms with Gasteiger partial charge in [0.2, 0.25) is 0 Å². The van der Waals surface area contributed by atoms with E-state index < -0.39 is 9.84 Å². The third-order valence-corrected chi connectivity index (χ3v) is 4.72. The van der Waals surface area contributed by atoms with E-state index in [0.717, 1.165) is 0 Å². The van der Waals surface area contributed by atoms with Gasteiger partial charge in [0.1, 0.15) is 0 Å². The van der Waals surface area contributed by atoms with Gasteiger partial charge < -0.3 is 10.4 Å². The third-order valence-electron chi connectivity index (χ3n) is 2.56. The van der Waals surface area contributed by atoms with Gasteiger partial charge in [-0.15, -0.1) is 0 Å². The van der Waals surface area contributed by atoms with Crippen LogP contribution in [-0.2, 0) is 9.84 Å². The Morgan fingerprint density at radius 1 is 1.50 bits per heavy atom. The first kappa shape index (κ1) is 11.7. The zero-order chi connectivity index (χ0) is 11.8. The Balaban J connectivity index is 2.48. The van der Waals surface area contributed by atoms with Crippen LogP contribution >= 0.6 is 11.6 Å². The number of hydrogen-bond donors (Lipinski definition) is 2. The van der Waals surface area contributed by atoms with E-state index in [1.165, 1.54) is 0 Å². The summed E-state index contributed by atoms with van der Waals surface area (Å²) in [5.74, 6) is 0.000895. The largest absolute Gasteiger partial charge is 0.396 e. The molecule has 1 heterocycles. The van der Waals surface area contributed by atoms with Gasteiger partial charge in [-0.1, -0.05) is 17.7 Å². The van der Waals surface area contributed by atoms with Crippen LogP contribution in [0.1, 0.15) is 6.42 Å². The number of sulfone groups is 1. The minimum absolute atomic E-state index is 0.000895. The maximum absolute atomic E-state index is 11.9. The molecule has 16 heavy (non-hydrogen) atoms. The number of halogens is 1. The summed E-state index contributed by atoms with van der Waals surface area (Å²) in [7, 11) is -3.29. The van der Waals surface area contributed by atoms with Crippen molar-refractivity contribution < 1.29 is 13.5 Å². The normalized spacial score (nSPS) is 22.2. The van der Waals surface area contributed by atoms with E-state index >= 15 is 0 Å². The second kappa shape index (κ2) is 4.24. The van der Waals surface area contributed by atoms with Crippen molar-refractivity contribution in [3.63, 3.8) is 0 Å². The highest BCUT2D eigenvalue weighted by Gasteiger charge is 2.30. The van der Waals surface area contributed by atoms with Crippen LogP contribution in [0.4, 0.5) is 5.69 Å². The molecule has 0 fully saturated rings. The molecule has 1 aliphatic heterocycles. The molecule has 1 atom stereocenters. The molecule has 1 aromatic carbocycles. The molecule has 1 aliphatic rings. The maximum atomic E-state index is 11.9. The molecule has 1 aromatic rings. The highest BCUT2D eigenvalue weighted by molar-refractivity contribution is 7.91. The second-order valence-corrected chi connectivity index (χ2v) is 6.16. The predicted molar refractivity (Wildman–Crippen MR) is 62.6 cm³/mol. The van der Waals surface area contributed by atoms with Crippen molar-refractivity contribution >= 4 is 27.1 Å². The van der Waals surface area contributed by atoms with Gasteiger partial charge in [-0.25, -0.2) is 8.42 Å². The lowest BCUT2D eigenvalue weighted by molar-refractivity contribution is 0.282. The SMILES string of the molecule is O=S1(=O)CC(CCO)Nc2c(Cl)cccc21. The Labute approximate surface area is 99.2 Å². The van der Waals surface area contributed by atoms with E-state index in [1.54, 1.807) is 18.2 Å². The Morgan fingerprint density at radius 2 is 2.25 bits per heavy atom. The number of aliphatic hydroxyl groups excluding tert-OH is 1. The van der Waals surface area contributed by atoms with E-state index in [9.17, 15) is 8.42 Å². The fourth-order valence-electron chi connectivity index (χ4n) is 1.82. The number of fused-ring (bicyclic) bond motifs is 1. The molecule has 0 saturated carbocycles. The summed E-state index contributed by atoms with van der Waals surface area (Å²) in [6.07, 6.45) is 0.393. The zero-order valence-electron chi connectivity index (χ0n) is 8.48. The third kappa shape index (κ3) is 2.03. The summed E-state index contributed by atoms with van der Waals surface area (Å²) < 4.78 is 23.9. The van der Waals surface area contributed by atoms with Crippen molar-refractivity contribution in [3.05, 3.63) is 23.2 Å². The Bertz CT molecular complexity index is 501. The zero-order valence-corrected chi connectivity index (χ0v) is 10.1. The van der Waals surface area contributed by atoms with Crippen molar-refractivity contribution in [1.82, 2.24) is 0 Å². The van der Waals surface area contributed by atoms with Crippen LogP contribution in [0.15, 0.2) is 23.1 Å². The van der Waals surface area contributed by atoms with Gasteiger partial charge in [0, 0.05) is 12.6 Å². The van der Waals surface area contributed by atoms with Gasteiger partial charge in [-0.2, -0.15) is 0 Å². The molecule has 1 unspecified atom stereocenters. The quantitative estimate of drug-likeness (QED) is 0.842. The van der Waals surface area contributed by atoms with E-state index in [1.807, 2.05) is 0 Å². The van der Waals surface area contributed by atoms with Gasteiger partial charge in [0.05, 0.1) is 21.4 Å². The molecule has 4 nitrogen and oxygen atoms in total. The fraction of sp³-hybridized carbons (Fsp3) is 0.400. The van der Waals surface area contributed by atoms with E-state index in [-0.39, 0.29) is 23.3 Å². The molecule has 0 bridgehead atoms. The van der Waals surface area contributed by atoms with Gasteiger partial charge in [0.15, 0.2) is 9.84 Å². The van der Waals surface area contributed by atoms with Crippen LogP contribution in [0.25, 0.3) is 0 Å². The summed E-state index contributed by atoms with van der Waals surface area (Å²) >= 11 is 5.95. The maximum Gasteiger partial charge on any atom is 0.182 e. The lowest BCUT2D eigenvalue weighted by Gasteiger charge is -2.27. The highest BCUT2D eigenvalue weighted by Crippen LogP contribution is 2.34. The number of hydrogen-bond acceptors (Lipinski definition) is 4. The topological polar surface area (TPSA) is 66.4 Å². The van der Waals surface area contributed by atoms with Crippen LogP contribution in [0.3, 0.4) is 0 Å². The molecule has 88 valence electrons. The molecule has 0 aliphatic carbocycles. The molecule has 0 aromatic heterocycles. The molecule has 0 amide bonds. The van der Waals surface area contributed by atoms with Gasteiger partial charge >= 0.3 is 0 Å². The number of para-hydroxylation sites is 1. The Kier molecular flexibility index (Phi) is 3.10. The molecular weight excluding hydrogens is 250 g/mol. The summed E-state index contributed by atoms with van der Waals surface area (Å²) in [6, 6.07) is 4.53. The monoisotopic (exact) mass is 261 g/mol. The van der Waals surface area contributed by atoms with Crippen molar-refractivity contribution in [3.8, 4) is 0 Å². The average Bonchev–Trinajstić information content (AvgIpc) is 2.19. The smallest absolute Gasteiger partial charge is 0.182 e. The van der Waals surface area contributed by atoms with Crippen molar-refractivity contribution in [2.75, 3.05) is 17.7 Å². The van der Waals surface area contributed by atoms with Crippen LogP contribution in [0.2, 0.25) is 5.02 Å². The number of aliphatic hydroxyl groups is 1. The number of nitrogens with one attached hydrogen (secondary N) is 1. The first-order chi connectivity index (χ1) is 7.54. The second-order valence-electron chi connectivity index (χ2n) is 3.75. The molecular formula is C10H12ClNO3S. The molecule has 2 N–H and O–H groups in total. The van der Waals surface area contributed by atoms with E-state index in [2.05, 4.69) is 5.32 Å². The van der Waals surface area contributed by atoms with E-state index in [4.69, 9.17) is 16.7 Å². The fourth-order valence-corrected chi connectivity index (χ4v) is 3.83. The Hall–Kier alpha value is -0.780. The minimum atomic E-state index is -3.29. The molecule has 0 radical (unpaired) electrons. The van der Waals surface area contributed by atoms with Crippen molar-refractivity contribution in [2.24, 2.45) is 0 Å². The van der Waals surface area contributed by atoms with Crippen LogP contribution in [0.5, 0.6) is 0 Å². The number of benzene rings is 1. The van der Waals surface area contributed by atoms with Crippen molar-refractivity contribution in [2.45, 2.75) is 17.4 Å². The molecule has 0 spiro atoms. The number of rotatable bonds is 2. The van der Waals surface area contributed by atoms with Crippen LogP contribution in [0, 0.1) is 0 Å². The summed E-state index contributed by atoms with van der Waals surface area (Å²) in [6.45, 7) is -0.0486. The number of anilines is 1. The Morgan fingerprint density at radius 3 is 2.94 bits per heavy atom. The van der Waals surface area contributed by atoms with Crippen LogP contribution in [-0.4, -0.2) is 31.9 Å². The first-order valence-electron chi connectivity index (χ1n) is 4.93. The van der Waals surface area contributed by atoms with Gasteiger partial charge in [0.25, 0.3) is 0 Å². The van der Waals surface area contributed by atoms with Gasteiger partial charge in [-0.05, 0) is 18.6 Å².